The summed E-state index contributed by atoms with van der Waals surface area (Å²) in [5, 5.41) is 2.41. The number of halogens is 2. The van der Waals surface area contributed by atoms with E-state index in [9.17, 15) is 14.0 Å². The van der Waals surface area contributed by atoms with Crippen LogP contribution in [0.25, 0.3) is 0 Å². The van der Waals surface area contributed by atoms with E-state index in [4.69, 9.17) is 11.6 Å². The van der Waals surface area contributed by atoms with E-state index in [-0.39, 0.29) is 16.3 Å². The molecule has 1 heterocycles. The summed E-state index contributed by atoms with van der Waals surface area (Å²) >= 11 is 5.77. The average Bonchev–Trinajstić information content (AvgIpc) is 2.34. The molecule has 0 radical (unpaired) electrons. The molecule has 1 amide bonds. The number of benzene rings is 1. The van der Waals surface area contributed by atoms with Gasteiger partial charge in [-0.25, -0.2) is 4.39 Å². The highest BCUT2D eigenvalue weighted by atomic mass is 35.5. The summed E-state index contributed by atoms with van der Waals surface area (Å²) < 4.78 is 13.4. The van der Waals surface area contributed by atoms with Crippen LogP contribution in [0.1, 0.15) is 10.4 Å². The molecule has 0 spiro atoms. The average molecular weight is 267 g/mol. The first-order chi connectivity index (χ1) is 8.58. The molecule has 4 nitrogen and oxygen atoms in total. The highest BCUT2D eigenvalue weighted by molar-refractivity contribution is 6.33. The number of nitrogens with one attached hydrogen (secondary N) is 2. The van der Waals surface area contributed by atoms with Gasteiger partial charge in [-0.15, -0.1) is 0 Å². The predicted octanol–water partition coefficient (Wildman–Crippen LogP) is 2.42. The van der Waals surface area contributed by atoms with Crippen molar-refractivity contribution in [1.82, 2.24) is 4.98 Å². The van der Waals surface area contributed by atoms with Gasteiger partial charge in [0.1, 0.15) is 5.82 Å². The topological polar surface area (TPSA) is 62.0 Å². The molecule has 1 aromatic heterocycles. The number of amides is 1. The molecule has 2 aromatic rings. The number of aromatic amines is 1. The Morgan fingerprint density at radius 2 is 2.11 bits per heavy atom. The smallest absolute Gasteiger partial charge is 0.256 e. The third kappa shape index (κ3) is 2.57. The summed E-state index contributed by atoms with van der Waals surface area (Å²) in [5.74, 6) is -1.24. The molecule has 2 rings (SSSR count). The van der Waals surface area contributed by atoms with Crippen LogP contribution in [-0.2, 0) is 0 Å². The molecular formula is C12H8ClFN2O2. The molecule has 6 heteroatoms. The van der Waals surface area contributed by atoms with Crippen molar-refractivity contribution >= 4 is 23.2 Å². The van der Waals surface area contributed by atoms with Crippen molar-refractivity contribution in [2.75, 3.05) is 5.32 Å². The molecule has 0 aliphatic heterocycles. The van der Waals surface area contributed by atoms with Crippen LogP contribution in [0, 0.1) is 5.82 Å². The van der Waals surface area contributed by atoms with Crippen molar-refractivity contribution < 1.29 is 9.18 Å². The summed E-state index contributed by atoms with van der Waals surface area (Å²) in [7, 11) is 0. The van der Waals surface area contributed by atoms with Gasteiger partial charge in [-0.05, 0) is 18.2 Å². The highest BCUT2D eigenvalue weighted by Crippen LogP contribution is 2.24. The second-order valence-electron chi connectivity index (χ2n) is 3.49. The summed E-state index contributed by atoms with van der Waals surface area (Å²) in [4.78, 5) is 25.2. The molecular weight excluding hydrogens is 259 g/mol. The maximum absolute atomic E-state index is 13.4. The van der Waals surface area contributed by atoms with Crippen LogP contribution in [0.15, 0.2) is 41.3 Å². The van der Waals surface area contributed by atoms with Crippen LogP contribution in [0.4, 0.5) is 10.1 Å². The zero-order valence-corrected chi connectivity index (χ0v) is 9.79. The van der Waals surface area contributed by atoms with E-state index in [0.29, 0.717) is 0 Å². The Bertz CT molecular complexity index is 634. The Morgan fingerprint density at radius 3 is 2.78 bits per heavy atom. The van der Waals surface area contributed by atoms with Crippen LogP contribution in [0.2, 0.25) is 5.02 Å². The molecule has 0 fully saturated rings. The van der Waals surface area contributed by atoms with Gasteiger partial charge in [-0.3, -0.25) is 9.59 Å². The van der Waals surface area contributed by atoms with Crippen LogP contribution in [0.3, 0.4) is 0 Å². The minimum absolute atomic E-state index is 0.0909. The number of hydrogen-bond donors (Lipinski definition) is 2. The molecule has 2 N–H and O–H groups in total. The number of rotatable bonds is 2. The number of pyridine rings is 1. The van der Waals surface area contributed by atoms with Crippen LogP contribution in [0.5, 0.6) is 0 Å². The summed E-state index contributed by atoms with van der Waals surface area (Å²) in [6.45, 7) is 0. The van der Waals surface area contributed by atoms with Gasteiger partial charge in [0.05, 0.1) is 10.7 Å². The van der Waals surface area contributed by atoms with Gasteiger partial charge in [0.15, 0.2) is 0 Å². The van der Waals surface area contributed by atoms with E-state index in [2.05, 4.69) is 10.3 Å². The van der Waals surface area contributed by atoms with Gasteiger partial charge in [0.25, 0.3) is 5.91 Å². The fourth-order valence-electron chi connectivity index (χ4n) is 1.39. The SMILES string of the molecule is O=C(Nc1c(F)cccc1Cl)c1cc[nH]c(=O)c1. The van der Waals surface area contributed by atoms with Gasteiger partial charge in [-0.2, -0.15) is 0 Å². The second-order valence-corrected chi connectivity index (χ2v) is 3.90. The van der Waals surface area contributed by atoms with E-state index < -0.39 is 17.3 Å². The zero-order valence-electron chi connectivity index (χ0n) is 9.04. The van der Waals surface area contributed by atoms with Gasteiger partial charge in [0.2, 0.25) is 5.56 Å². The first-order valence-corrected chi connectivity index (χ1v) is 5.40. The molecule has 0 aliphatic rings. The van der Waals surface area contributed by atoms with E-state index in [1.54, 1.807) is 0 Å². The quantitative estimate of drug-likeness (QED) is 0.877. The van der Waals surface area contributed by atoms with Crippen molar-refractivity contribution in [2.24, 2.45) is 0 Å². The maximum Gasteiger partial charge on any atom is 0.256 e. The molecule has 18 heavy (non-hydrogen) atoms. The fraction of sp³-hybridized carbons (Fsp3) is 0. The molecule has 0 saturated heterocycles. The Labute approximate surface area is 106 Å². The van der Waals surface area contributed by atoms with E-state index in [1.165, 1.54) is 30.5 Å². The number of para-hydroxylation sites is 1. The normalized spacial score (nSPS) is 10.1. The third-order valence-corrected chi connectivity index (χ3v) is 2.55. The molecule has 0 saturated carbocycles. The second kappa shape index (κ2) is 5.01. The monoisotopic (exact) mass is 266 g/mol. The molecule has 0 atom stereocenters. The Hall–Kier alpha value is -2.14. The number of aromatic nitrogens is 1. The first-order valence-electron chi connectivity index (χ1n) is 5.02. The number of H-pyrrole nitrogens is 1. The Morgan fingerprint density at radius 1 is 1.33 bits per heavy atom. The minimum atomic E-state index is -0.638. The van der Waals surface area contributed by atoms with Crippen molar-refractivity contribution in [3.63, 3.8) is 0 Å². The van der Waals surface area contributed by atoms with Gasteiger partial charge < -0.3 is 10.3 Å². The maximum atomic E-state index is 13.4. The number of carbonyl (C=O) groups excluding carboxylic acids is 1. The van der Waals surface area contributed by atoms with Crippen molar-refractivity contribution in [2.45, 2.75) is 0 Å². The molecule has 92 valence electrons. The molecule has 0 unspecified atom stereocenters. The Balaban J connectivity index is 2.30. The van der Waals surface area contributed by atoms with Gasteiger partial charge >= 0.3 is 0 Å². The van der Waals surface area contributed by atoms with Gasteiger partial charge in [0, 0.05) is 17.8 Å². The lowest BCUT2D eigenvalue weighted by atomic mass is 10.2. The van der Waals surface area contributed by atoms with Gasteiger partial charge in [-0.1, -0.05) is 17.7 Å². The van der Waals surface area contributed by atoms with Crippen LogP contribution < -0.4 is 10.9 Å². The number of carbonyl (C=O) groups is 1. The third-order valence-electron chi connectivity index (χ3n) is 2.24. The lowest BCUT2D eigenvalue weighted by Gasteiger charge is -2.07. The van der Waals surface area contributed by atoms with E-state index in [1.807, 2.05) is 0 Å². The van der Waals surface area contributed by atoms with Crippen molar-refractivity contribution in [3.8, 4) is 0 Å². The summed E-state index contributed by atoms with van der Waals surface area (Å²) in [5.41, 5.74) is -0.398. The lowest BCUT2D eigenvalue weighted by Crippen LogP contribution is -2.16. The first kappa shape index (κ1) is 12.3. The van der Waals surface area contributed by atoms with Crippen molar-refractivity contribution in [3.05, 3.63) is 63.3 Å². The highest BCUT2D eigenvalue weighted by Gasteiger charge is 2.12. The minimum Gasteiger partial charge on any atom is -0.329 e. The summed E-state index contributed by atoms with van der Waals surface area (Å²) in [6, 6.07) is 6.59. The van der Waals surface area contributed by atoms with E-state index >= 15 is 0 Å². The number of hydrogen-bond acceptors (Lipinski definition) is 2. The van der Waals surface area contributed by atoms with Crippen molar-refractivity contribution in [1.29, 1.82) is 0 Å². The predicted molar refractivity (Wildman–Crippen MR) is 66.4 cm³/mol. The molecule has 1 aromatic carbocycles. The fourth-order valence-corrected chi connectivity index (χ4v) is 1.60. The van der Waals surface area contributed by atoms with Crippen LogP contribution >= 0.6 is 11.6 Å². The largest absolute Gasteiger partial charge is 0.329 e. The lowest BCUT2D eigenvalue weighted by molar-refractivity contribution is 0.102. The summed E-state index contributed by atoms with van der Waals surface area (Å²) in [6.07, 6.45) is 1.33. The Kier molecular flexibility index (Phi) is 3.43. The molecule has 0 aliphatic carbocycles. The van der Waals surface area contributed by atoms with E-state index in [0.717, 1.165) is 6.07 Å². The number of anilines is 1. The zero-order chi connectivity index (χ0) is 13.1. The molecule has 0 bridgehead atoms. The van der Waals surface area contributed by atoms with Crippen LogP contribution in [-0.4, -0.2) is 10.9 Å². The standard InChI is InChI=1S/C12H8ClFN2O2/c13-8-2-1-3-9(14)11(8)16-12(18)7-4-5-15-10(17)6-7/h1-6H,(H,15,17)(H,16,18).